The van der Waals surface area contributed by atoms with Crippen molar-refractivity contribution in [3.05, 3.63) is 89.1 Å². The lowest BCUT2D eigenvalue weighted by Gasteiger charge is -2.37. The van der Waals surface area contributed by atoms with Crippen molar-refractivity contribution >= 4 is 24.5 Å². The predicted molar refractivity (Wildman–Crippen MR) is 245 cm³/mol. The molecule has 328 valence electrons. The third-order valence-electron chi connectivity index (χ3n) is 15.3. The van der Waals surface area contributed by atoms with E-state index in [1.54, 1.807) is 0 Å². The molecule has 3 N–H and O–H groups in total. The number of hydrogen-bond acceptors (Lipinski definition) is 8. The number of allylic oxidation sites excluding steroid dienone is 1. The molecule has 3 fully saturated rings. The summed E-state index contributed by atoms with van der Waals surface area (Å²) in [4.78, 5) is 34.7. The average Bonchev–Trinajstić information content (AvgIpc) is 3.79. The number of carbonyl (C=O) groups excluding carboxylic acids is 1. The Balaban J connectivity index is 0.943. The fraction of sp³-hybridized carbons (Fsp3) is 0.529. The van der Waals surface area contributed by atoms with Crippen molar-refractivity contribution in [3.8, 4) is 28.3 Å². The first-order valence-electron chi connectivity index (χ1n) is 23.2. The van der Waals surface area contributed by atoms with Crippen LogP contribution >= 0.6 is 0 Å². The Morgan fingerprint density at radius 2 is 1.73 bits per heavy atom. The largest absolute Gasteiger partial charge is 0.595 e. The number of benzene rings is 2. The topological polar surface area (TPSA) is 123 Å². The van der Waals surface area contributed by atoms with Crippen molar-refractivity contribution in [1.82, 2.24) is 29.7 Å². The molecule has 9 atom stereocenters. The van der Waals surface area contributed by atoms with Crippen LogP contribution in [-0.2, 0) is 4.74 Å². The van der Waals surface area contributed by atoms with E-state index in [1.165, 1.54) is 41.1 Å². The lowest BCUT2D eigenvalue weighted by atomic mass is 9.72. The number of aromatic amines is 2. The number of nitrogens with one attached hydrogen (secondary N) is 2. The van der Waals surface area contributed by atoms with Crippen LogP contribution in [0.2, 0.25) is 0 Å². The van der Waals surface area contributed by atoms with Gasteiger partial charge in [0.05, 0.1) is 68.1 Å². The first kappa shape index (κ1) is 42.2. The molecular formula is C51H66N7O4+. The van der Waals surface area contributed by atoms with E-state index in [-0.39, 0.29) is 35.9 Å². The number of fused-ring (bicyclic) bond motifs is 5. The number of ether oxygens (including phenoxy) is 2. The first-order valence-corrected chi connectivity index (χ1v) is 23.2. The number of aliphatic hydroxyl groups is 1. The number of imidazole rings is 2. The summed E-state index contributed by atoms with van der Waals surface area (Å²) in [6, 6.07) is 14.1. The molecule has 5 heterocycles. The quantitative estimate of drug-likeness (QED) is 0.0691. The molecule has 0 radical (unpaired) electrons. The molecule has 0 spiro atoms. The van der Waals surface area contributed by atoms with Crippen molar-refractivity contribution in [2.24, 2.45) is 35.5 Å². The zero-order chi connectivity index (χ0) is 43.6. The Morgan fingerprint density at radius 1 is 1.02 bits per heavy atom. The fourth-order valence-electron chi connectivity index (χ4n) is 11.6. The highest BCUT2D eigenvalue weighted by Gasteiger charge is 2.54. The number of aromatic nitrogens is 4. The molecule has 4 aromatic rings. The van der Waals surface area contributed by atoms with Crippen molar-refractivity contribution < 1.29 is 24.0 Å². The lowest BCUT2D eigenvalue weighted by molar-refractivity contribution is -0.489. The molecule has 1 saturated carbocycles. The van der Waals surface area contributed by atoms with Crippen LogP contribution in [0.3, 0.4) is 0 Å². The van der Waals surface area contributed by atoms with Gasteiger partial charge in [-0.3, -0.25) is 4.90 Å². The summed E-state index contributed by atoms with van der Waals surface area (Å²) in [5, 5.41) is 10.6. The van der Waals surface area contributed by atoms with Crippen LogP contribution in [0.25, 0.3) is 34.2 Å². The number of nitrogens with zero attached hydrogens (tertiary/aromatic N) is 5. The van der Waals surface area contributed by atoms with E-state index < -0.39 is 6.09 Å². The predicted octanol–water partition coefficient (Wildman–Crippen LogP) is 10.6. The van der Waals surface area contributed by atoms with Crippen LogP contribution < -0.4 is 4.74 Å². The van der Waals surface area contributed by atoms with Gasteiger partial charge in [0.1, 0.15) is 24.1 Å². The van der Waals surface area contributed by atoms with Crippen molar-refractivity contribution in [2.75, 3.05) is 26.8 Å². The highest BCUT2D eigenvalue weighted by molar-refractivity contribution is 5.91. The van der Waals surface area contributed by atoms with E-state index in [4.69, 9.17) is 19.4 Å². The Morgan fingerprint density at radius 3 is 2.40 bits per heavy atom. The molecule has 2 aromatic carbocycles. The molecule has 2 saturated heterocycles. The molecule has 2 aliphatic carbocycles. The van der Waals surface area contributed by atoms with Gasteiger partial charge in [-0.25, -0.2) is 9.97 Å². The van der Waals surface area contributed by atoms with Crippen LogP contribution in [-0.4, -0.2) is 91.1 Å². The minimum absolute atomic E-state index is 0.0660. The molecular weight excluding hydrogens is 775 g/mol. The van der Waals surface area contributed by atoms with Gasteiger partial charge in [-0.05, 0) is 78.2 Å². The molecule has 3 aliphatic heterocycles. The molecule has 11 heteroatoms. The average molecular weight is 841 g/mol. The number of likely N-dealkylation sites (tertiary alicyclic amines) is 2. The molecule has 0 bridgehead atoms. The Hall–Kier alpha value is -5.16. The number of piperidine rings is 1. The first-order chi connectivity index (χ1) is 29.9. The second kappa shape index (κ2) is 16.8. The normalized spacial score (nSPS) is 25.7. The van der Waals surface area contributed by atoms with Crippen molar-refractivity contribution in [2.45, 2.75) is 111 Å². The standard InChI is InChI=1S/C51H65N7O4/c1-10-30(6)48(29(4)5)46(26-59)57-17-11-12-42(57)49-52-23-40(54-49)32-13-15-36-31(7)39-27-62-47-22-33(14-16-37(47)38(39)19-34(36)18-32)41-24-53-50(55-41)44-21-35-20-43(35)58(44)25-45(28(2)3)56(8)51(60)61-9/h13-16,18-19,22-24,26,28-31,35,39,42-45,48H,8,10-12,17,20-21,25,27H2,1-7,9H3,(H2-,52,53,54,55,59)/p+1. The second-order valence-electron chi connectivity index (χ2n) is 19.5. The third kappa shape index (κ3) is 7.47. The van der Waals surface area contributed by atoms with Gasteiger partial charge in [0.15, 0.2) is 6.04 Å². The van der Waals surface area contributed by atoms with Crippen LogP contribution in [0.15, 0.2) is 60.8 Å². The SMILES string of the molecule is C=[N+](C(=O)OC)C(CN1C(c2ncc(-c3ccc4c(c3)OCC3C4=Cc4cc(-c5cnc(C6CCCN6C(=CO)C(C(C)C)C(C)CC)[nH]5)ccc4C3C)[nH]2)CC2CC21)C(C)C. The summed E-state index contributed by atoms with van der Waals surface area (Å²) in [7, 11) is 1.41. The van der Waals surface area contributed by atoms with Gasteiger partial charge < -0.3 is 29.4 Å². The van der Waals surface area contributed by atoms with Crippen LogP contribution in [0, 0.1) is 35.5 Å². The summed E-state index contributed by atoms with van der Waals surface area (Å²) in [6.07, 6.45) is 12.7. The number of hydrogen-bond donors (Lipinski definition) is 3. The molecule has 1 amide bonds. The highest BCUT2D eigenvalue weighted by atomic mass is 16.5. The summed E-state index contributed by atoms with van der Waals surface area (Å²) in [5.41, 5.74) is 10.2. The van der Waals surface area contributed by atoms with Gasteiger partial charge in [0, 0.05) is 47.0 Å². The zero-order valence-electron chi connectivity index (χ0n) is 37.9. The smallest absolute Gasteiger partial charge is 0.514 e. The summed E-state index contributed by atoms with van der Waals surface area (Å²) < 4.78 is 13.1. The van der Waals surface area contributed by atoms with Crippen LogP contribution in [0.1, 0.15) is 127 Å². The Kier molecular flexibility index (Phi) is 11.5. The minimum atomic E-state index is -0.404. The molecule has 9 rings (SSSR count). The summed E-state index contributed by atoms with van der Waals surface area (Å²) in [6.45, 7) is 22.0. The Bertz CT molecular complexity index is 2390. The minimum Gasteiger partial charge on any atom is -0.514 e. The van der Waals surface area contributed by atoms with E-state index in [0.29, 0.717) is 36.3 Å². The molecule has 62 heavy (non-hydrogen) atoms. The Labute approximate surface area is 367 Å². The maximum absolute atomic E-state index is 12.5. The summed E-state index contributed by atoms with van der Waals surface area (Å²) in [5.74, 6) is 5.47. The summed E-state index contributed by atoms with van der Waals surface area (Å²) >= 11 is 0. The zero-order valence-corrected chi connectivity index (χ0v) is 37.9. The highest BCUT2D eigenvalue weighted by Crippen LogP contribution is 2.54. The molecule has 11 nitrogen and oxygen atoms in total. The van der Waals surface area contributed by atoms with Gasteiger partial charge >= 0.3 is 6.09 Å². The number of carbonyl (C=O) groups is 1. The van der Waals surface area contributed by atoms with Crippen molar-refractivity contribution in [3.63, 3.8) is 0 Å². The van der Waals surface area contributed by atoms with E-state index in [0.717, 1.165) is 89.9 Å². The van der Waals surface area contributed by atoms with E-state index in [9.17, 15) is 9.90 Å². The molecule has 5 aliphatic rings. The number of aliphatic hydroxyl groups excluding tert-OH is 1. The van der Waals surface area contributed by atoms with Gasteiger partial charge in [-0.15, -0.1) is 4.58 Å². The number of H-pyrrole nitrogens is 2. The van der Waals surface area contributed by atoms with Gasteiger partial charge in [0.25, 0.3) is 0 Å². The van der Waals surface area contributed by atoms with Gasteiger partial charge in [-0.1, -0.05) is 85.2 Å². The van der Waals surface area contributed by atoms with Crippen molar-refractivity contribution in [1.29, 1.82) is 0 Å². The number of rotatable bonds is 13. The van der Waals surface area contributed by atoms with Crippen LogP contribution in [0.4, 0.5) is 4.79 Å². The van der Waals surface area contributed by atoms with Gasteiger partial charge in [-0.2, -0.15) is 4.79 Å². The number of amides is 1. The fourth-order valence-corrected chi connectivity index (χ4v) is 11.6. The molecule has 9 unspecified atom stereocenters. The van der Waals surface area contributed by atoms with Crippen LogP contribution in [0.5, 0.6) is 5.75 Å². The second-order valence-corrected chi connectivity index (χ2v) is 19.5. The van der Waals surface area contributed by atoms with Gasteiger partial charge in [0.2, 0.25) is 0 Å². The number of methoxy groups -OCH3 is 1. The van der Waals surface area contributed by atoms with E-state index in [1.807, 2.05) is 12.4 Å². The lowest BCUT2D eigenvalue weighted by Crippen LogP contribution is -2.45. The third-order valence-corrected chi connectivity index (χ3v) is 15.3. The maximum atomic E-state index is 12.5. The molecule has 2 aromatic heterocycles. The van der Waals surface area contributed by atoms with E-state index >= 15 is 0 Å². The maximum Gasteiger partial charge on any atom is 0.595 e. The monoisotopic (exact) mass is 841 g/mol. The van der Waals surface area contributed by atoms with E-state index in [2.05, 4.69) is 117 Å².